The summed E-state index contributed by atoms with van der Waals surface area (Å²) >= 11 is 0. The van der Waals surface area contributed by atoms with E-state index in [0.717, 1.165) is 69.7 Å². The number of amides is 1. The molecule has 2 fully saturated rings. The van der Waals surface area contributed by atoms with Crippen LogP contribution in [0.4, 0.5) is 0 Å². The van der Waals surface area contributed by atoms with E-state index in [4.69, 9.17) is 10.7 Å². The molecule has 0 spiro atoms. The summed E-state index contributed by atoms with van der Waals surface area (Å²) < 4.78 is 1.80. The van der Waals surface area contributed by atoms with Gasteiger partial charge in [-0.1, -0.05) is 6.92 Å². The minimum absolute atomic E-state index is 0.0212. The molecule has 0 saturated carbocycles. The van der Waals surface area contributed by atoms with E-state index < -0.39 is 0 Å². The van der Waals surface area contributed by atoms with E-state index in [0.29, 0.717) is 11.5 Å². The molecule has 0 bridgehead atoms. The highest BCUT2D eigenvalue weighted by molar-refractivity contribution is 5.99. The molecule has 4 heterocycles. The number of aliphatic imine (C=N–C) groups is 1. The fourth-order valence-electron chi connectivity index (χ4n) is 4.69. The summed E-state index contributed by atoms with van der Waals surface area (Å²) in [5, 5.41) is 10.2. The number of nitrogens with zero attached hydrogens (tertiary/aromatic N) is 7. The van der Waals surface area contributed by atoms with E-state index in [9.17, 15) is 4.79 Å². The fraction of sp³-hybridized carbons (Fsp3) is 0.565. The van der Waals surface area contributed by atoms with Crippen molar-refractivity contribution in [3.8, 4) is 0 Å². The summed E-state index contributed by atoms with van der Waals surface area (Å²) in [4.78, 5) is 22.6. The smallest absolute Gasteiger partial charge is 0.272 e. The lowest BCUT2D eigenvalue weighted by atomic mass is 10.0. The van der Waals surface area contributed by atoms with Crippen LogP contribution in [0.2, 0.25) is 0 Å². The second-order valence-corrected chi connectivity index (χ2v) is 8.75. The van der Waals surface area contributed by atoms with Gasteiger partial charge in [0, 0.05) is 56.9 Å². The fourth-order valence-corrected chi connectivity index (χ4v) is 4.69. The summed E-state index contributed by atoms with van der Waals surface area (Å²) in [6, 6.07) is 1.93. The van der Waals surface area contributed by atoms with Crippen LogP contribution >= 0.6 is 0 Å². The lowest BCUT2D eigenvalue weighted by molar-refractivity contribution is 0.0649. The highest BCUT2D eigenvalue weighted by atomic mass is 16.2. The number of aryl methyl sites for hydroxylation is 1. The zero-order valence-electron chi connectivity index (χ0n) is 19.2. The van der Waals surface area contributed by atoms with Crippen molar-refractivity contribution in [1.29, 1.82) is 0 Å². The molecule has 9 heteroatoms. The van der Waals surface area contributed by atoms with Crippen molar-refractivity contribution < 1.29 is 4.79 Å². The normalized spacial score (nSPS) is 25.2. The zero-order chi connectivity index (χ0) is 22.7. The molecule has 3 aliphatic heterocycles. The molecule has 0 radical (unpaired) electrons. The maximum Gasteiger partial charge on any atom is 0.272 e. The number of piperidine rings is 1. The van der Waals surface area contributed by atoms with Crippen molar-refractivity contribution in [2.45, 2.75) is 64.6 Å². The second-order valence-electron chi connectivity index (χ2n) is 8.75. The second kappa shape index (κ2) is 9.68. The topological polar surface area (TPSA) is 95.3 Å². The Morgan fingerprint density at radius 3 is 2.91 bits per heavy atom. The summed E-state index contributed by atoms with van der Waals surface area (Å²) in [7, 11) is 0. The highest BCUT2D eigenvalue weighted by Gasteiger charge is 2.31. The maximum atomic E-state index is 13.4. The number of rotatable bonds is 5. The molecule has 2 atom stereocenters. The number of hydrogen-bond acceptors (Lipinski definition) is 7. The van der Waals surface area contributed by atoms with Crippen molar-refractivity contribution in [2.24, 2.45) is 15.8 Å². The molecule has 2 N–H and O–H groups in total. The lowest BCUT2D eigenvalue weighted by Crippen LogP contribution is -2.44. The summed E-state index contributed by atoms with van der Waals surface area (Å²) in [6.07, 6.45) is 10.6. The molecule has 1 aromatic rings. The molecular weight excluding hydrogens is 404 g/mol. The Kier molecular flexibility index (Phi) is 6.74. The Morgan fingerprint density at radius 2 is 2.19 bits per heavy atom. The zero-order valence-corrected chi connectivity index (χ0v) is 19.2. The third-order valence-corrected chi connectivity index (χ3v) is 6.32. The van der Waals surface area contributed by atoms with Crippen LogP contribution in [0.1, 0.15) is 56.4 Å². The van der Waals surface area contributed by atoms with Crippen molar-refractivity contribution in [3.05, 3.63) is 41.6 Å². The van der Waals surface area contributed by atoms with E-state index in [1.54, 1.807) is 15.9 Å². The van der Waals surface area contributed by atoms with Gasteiger partial charge in [-0.15, -0.1) is 0 Å². The average Bonchev–Trinajstić information content (AvgIpc) is 3.44. The Labute approximate surface area is 189 Å². The van der Waals surface area contributed by atoms with Gasteiger partial charge in [-0.05, 0) is 51.2 Å². The van der Waals surface area contributed by atoms with Gasteiger partial charge in [0.1, 0.15) is 11.5 Å². The quantitative estimate of drug-likeness (QED) is 0.712. The standard InChI is InChI=1S/C23H34N8O/c1-4-11-30-20(8-10-26-30)23(32)29-12-6-5-7-19(29)14-21-27-22(17(2)15-31(21)25-3)28-13-9-18(24)16-28/h8,10,14-15,18-19H,3-7,9,11-13,16,24H2,1-2H3/b21-14-/t18-,19?/m0/s1. The van der Waals surface area contributed by atoms with Crippen LogP contribution in [0, 0.1) is 0 Å². The summed E-state index contributed by atoms with van der Waals surface area (Å²) in [6.45, 7) is 11.0. The molecule has 2 saturated heterocycles. The van der Waals surface area contributed by atoms with E-state index in [2.05, 4.69) is 34.8 Å². The maximum absolute atomic E-state index is 13.4. The van der Waals surface area contributed by atoms with Gasteiger partial charge in [-0.3, -0.25) is 9.48 Å². The minimum atomic E-state index is -0.0573. The molecule has 172 valence electrons. The van der Waals surface area contributed by atoms with Gasteiger partial charge in [0.25, 0.3) is 5.91 Å². The summed E-state index contributed by atoms with van der Waals surface area (Å²) in [5.41, 5.74) is 7.80. The van der Waals surface area contributed by atoms with Crippen LogP contribution in [0.15, 0.2) is 46.0 Å². The van der Waals surface area contributed by atoms with Crippen LogP contribution in [0.25, 0.3) is 0 Å². The predicted molar refractivity (Wildman–Crippen MR) is 126 cm³/mol. The number of amidine groups is 1. The molecule has 1 aromatic heterocycles. The van der Waals surface area contributed by atoms with Crippen LogP contribution in [-0.4, -0.2) is 74.8 Å². The average molecular weight is 439 g/mol. The molecule has 1 unspecified atom stereocenters. The predicted octanol–water partition coefficient (Wildman–Crippen LogP) is 2.40. The minimum Gasteiger partial charge on any atom is -0.355 e. The van der Waals surface area contributed by atoms with Gasteiger partial charge in [0.15, 0.2) is 5.82 Å². The van der Waals surface area contributed by atoms with Gasteiger partial charge >= 0.3 is 0 Å². The molecule has 1 amide bonds. The SMILES string of the molecule is C=NN1C=C(C)C(N2CC[C@H](N)C2)=N/C1=C/C1CCCCN1C(=O)c1ccnn1CCC. The van der Waals surface area contributed by atoms with E-state index in [1.165, 1.54) is 0 Å². The first-order valence-corrected chi connectivity index (χ1v) is 11.6. The Morgan fingerprint density at radius 1 is 1.34 bits per heavy atom. The molecular formula is C23H34N8O. The van der Waals surface area contributed by atoms with Gasteiger partial charge in [0.05, 0.1) is 6.04 Å². The number of carbonyl (C=O) groups excluding carboxylic acids is 1. The van der Waals surface area contributed by atoms with Gasteiger partial charge < -0.3 is 15.5 Å². The van der Waals surface area contributed by atoms with Crippen molar-refractivity contribution in [1.82, 2.24) is 24.6 Å². The number of likely N-dealkylation sites (tertiary alicyclic amines) is 2. The Balaban J connectivity index is 1.62. The Hall–Kier alpha value is -2.94. The van der Waals surface area contributed by atoms with Crippen molar-refractivity contribution in [3.63, 3.8) is 0 Å². The number of hydrazone groups is 1. The van der Waals surface area contributed by atoms with Gasteiger partial charge in [0.2, 0.25) is 0 Å². The number of carbonyl (C=O) groups is 1. The van der Waals surface area contributed by atoms with E-state index >= 15 is 0 Å². The first-order valence-electron chi connectivity index (χ1n) is 11.6. The number of aromatic nitrogens is 2. The lowest BCUT2D eigenvalue weighted by Gasteiger charge is -2.35. The van der Waals surface area contributed by atoms with Crippen LogP contribution < -0.4 is 5.73 Å². The molecule has 0 aliphatic carbocycles. The number of hydrogen-bond donors (Lipinski definition) is 1. The molecule has 32 heavy (non-hydrogen) atoms. The van der Waals surface area contributed by atoms with E-state index in [1.807, 2.05) is 24.1 Å². The monoisotopic (exact) mass is 438 g/mol. The Bertz CT molecular complexity index is 946. The van der Waals surface area contributed by atoms with Crippen molar-refractivity contribution >= 4 is 18.5 Å². The number of nitrogens with two attached hydrogens (primary N) is 1. The van der Waals surface area contributed by atoms with Gasteiger partial charge in [-0.2, -0.15) is 10.2 Å². The third kappa shape index (κ3) is 4.48. The van der Waals surface area contributed by atoms with Crippen molar-refractivity contribution in [2.75, 3.05) is 19.6 Å². The van der Waals surface area contributed by atoms with E-state index in [-0.39, 0.29) is 18.0 Å². The third-order valence-electron chi connectivity index (χ3n) is 6.32. The van der Waals surface area contributed by atoms with Crippen LogP contribution in [0.5, 0.6) is 0 Å². The first kappa shape index (κ1) is 22.3. The van der Waals surface area contributed by atoms with Gasteiger partial charge in [-0.25, -0.2) is 10.0 Å². The summed E-state index contributed by atoms with van der Waals surface area (Å²) in [5.74, 6) is 1.65. The molecule has 9 nitrogen and oxygen atoms in total. The first-order chi connectivity index (χ1) is 15.5. The van der Waals surface area contributed by atoms with Crippen LogP contribution in [-0.2, 0) is 6.54 Å². The molecule has 3 aliphatic rings. The molecule has 4 rings (SSSR count). The van der Waals surface area contributed by atoms with Crippen LogP contribution in [0.3, 0.4) is 0 Å². The molecule has 0 aromatic carbocycles. The highest BCUT2D eigenvalue weighted by Crippen LogP contribution is 2.27. The largest absolute Gasteiger partial charge is 0.355 e.